The molecule has 0 saturated carbocycles. The van der Waals surface area contributed by atoms with Gasteiger partial charge in [-0.25, -0.2) is 8.42 Å². The van der Waals surface area contributed by atoms with Crippen molar-refractivity contribution in [2.75, 3.05) is 23.3 Å². The molecule has 4 rings (SSSR count). The van der Waals surface area contributed by atoms with Gasteiger partial charge in [-0.3, -0.25) is 13.9 Å². The minimum atomic E-state index is -3.96. The minimum absolute atomic E-state index is 0.137. The largest absolute Gasteiger partial charge is 0.469 e. The Morgan fingerprint density at radius 2 is 1.72 bits per heavy atom. The van der Waals surface area contributed by atoms with Crippen LogP contribution in [0.1, 0.15) is 17.5 Å². The van der Waals surface area contributed by atoms with Crippen LogP contribution in [0, 0.1) is 3.57 Å². The Kier molecular flexibility index (Phi) is 8.14. The van der Waals surface area contributed by atoms with Gasteiger partial charge in [0.15, 0.2) is 0 Å². The first-order valence-corrected chi connectivity index (χ1v) is 13.9. The predicted octanol–water partition coefficient (Wildman–Crippen LogP) is 3.70. The number of benzene rings is 3. The van der Waals surface area contributed by atoms with Crippen LogP contribution >= 0.6 is 22.6 Å². The quantitative estimate of drug-likeness (QED) is 0.280. The molecule has 1 aliphatic rings. The number of amides is 1. The van der Waals surface area contributed by atoms with E-state index in [2.05, 4.69) is 38.0 Å². The molecule has 0 aliphatic carbocycles. The molecule has 36 heavy (non-hydrogen) atoms. The van der Waals surface area contributed by atoms with Crippen molar-refractivity contribution in [1.29, 1.82) is 0 Å². The van der Waals surface area contributed by atoms with Gasteiger partial charge >= 0.3 is 5.97 Å². The van der Waals surface area contributed by atoms with Crippen LogP contribution in [-0.2, 0) is 37.3 Å². The normalized spacial score (nSPS) is 14.7. The molecule has 1 heterocycles. The molecule has 3 aromatic rings. The van der Waals surface area contributed by atoms with Crippen LogP contribution in [-0.4, -0.2) is 40.0 Å². The van der Waals surface area contributed by atoms with E-state index in [4.69, 9.17) is 0 Å². The van der Waals surface area contributed by atoms with Gasteiger partial charge in [-0.15, -0.1) is 0 Å². The Labute approximate surface area is 224 Å². The molecule has 0 radical (unpaired) electrons. The second-order valence-electron chi connectivity index (χ2n) is 8.23. The number of carbonyl (C=O) groups excluding carboxylic acids is 2. The molecule has 0 saturated heterocycles. The van der Waals surface area contributed by atoms with Crippen LogP contribution in [0.4, 0.5) is 11.4 Å². The molecular formula is C26H26IN3O5S. The van der Waals surface area contributed by atoms with Crippen molar-refractivity contribution < 1.29 is 22.7 Å². The second kappa shape index (κ2) is 11.3. The number of carbonyl (C=O) groups is 2. The summed E-state index contributed by atoms with van der Waals surface area (Å²) in [6.45, 7) is 0.585. The van der Waals surface area contributed by atoms with E-state index in [-0.39, 0.29) is 36.2 Å². The molecule has 1 atom stereocenters. The Morgan fingerprint density at radius 1 is 1.03 bits per heavy atom. The van der Waals surface area contributed by atoms with Gasteiger partial charge in [-0.1, -0.05) is 36.4 Å². The van der Waals surface area contributed by atoms with E-state index in [0.29, 0.717) is 12.2 Å². The fourth-order valence-corrected chi connectivity index (χ4v) is 6.13. The maximum Gasteiger partial charge on any atom is 0.307 e. The summed E-state index contributed by atoms with van der Waals surface area (Å²) in [6, 6.07) is 20.3. The lowest BCUT2D eigenvalue weighted by Gasteiger charge is -2.26. The highest BCUT2D eigenvalue weighted by Crippen LogP contribution is 2.37. The molecule has 0 fully saturated rings. The topological polar surface area (TPSA) is 105 Å². The molecule has 8 nitrogen and oxygen atoms in total. The van der Waals surface area contributed by atoms with Crippen molar-refractivity contribution in [3.8, 4) is 0 Å². The van der Waals surface area contributed by atoms with Crippen LogP contribution in [0.15, 0.2) is 77.7 Å². The number of methoxy groups -OCH3 is 1. The summed E-state index contributed by atoms with van der Waals surface area (Å²) < 4.78 is 34.1. The average molecular weight is 619 g/mol. The number of ether oxygens (including phenoxy) is 1. The summed E-state index contributed by atoms with van der Waals surface area (Å²) in [5.41, 5.74) is 2.91. The number of hydrogen-bond acceptors (Lipinski definition) is 6. The SMILES string of the molecule is COC(=O)CCNc1ccccc1CNC(=O)[C@@H]1Cc2ccccc2N1S(=O)(=O)c1ccc(I)cc1. The molecule has 0 spiro atoms. The smallest absolute Gasteiger partial charge is 0.307 e. The Bertz CT molecular complexity index is 1360. The molecule has 0 unspecified atom stereocenters. The third-order valence-electron chi connectivity index (χ3n) is 5.94. The van der Waals surface area contributed by atoms with Crippen molar-refractivity contribution in [3.63, 3.8) is 0 Å². The Balaban J connectivity index is 1.53. The highest BCUT2D eigenvalue weighted by molar-refractivity contribution is 14.1. The zero-order valence-electron chi connectivity index (χ0n) is 19.6. The van der Waals surface area contributed by atoms with Gasteiger partial charge < -0.3 is 15.4 Å². The summed E-state index contributed by atoms with van der Waals surface area (Å²) >= 11 is 2.12. The fraction of sp³-hybridized carbons (Fsp3) is 0.231. The van der Waals surface area contributed by atoms with E-state index in [1.165, 1.54) is 11.4 Å². The van der Waals surface area contributed by atoms with Crippen LogP contribution in [0.5, 0.6) is 0 Å². The molecule has 2 N–H and O–H groups in total. The molecule has 0 bridgehead atoms. The first kappa shape index (κ1) is 26.0. The van der Waals surface area contributed by atoms with Gasteiger partial charge in [0.05, 0.1) is 24.1 Å². The van der Waals surface area contributed by atoms with Gasteiger partial charge in [0.2, 0.25) is 5.91 Å². The fourth-order valence-electron chi connectivity index (χ4n) is 4.12. The number of nitrogens with zero attached hydrogens (tertiary/aromatic N) is 1. The first-order valence-electron chi connectivity index (χ1n) is 11.4. The van der Waals surface area contributed by atoms with Crippen molar-refractivity contribution in [2.24, 2.45) is 0 Å². The molecule has 10 heteroatoms. The maximum absolute atomic E-state index is 13.6. The van der Waals surface area contributed by atoms with Crippen molar-refractivity contribution in [2.45, 2.75) is 30.3 Å². The first-order chi connectivity index (χ1) is 17.3. The van der Waals surface area contributed by atoms with Crippen LogP contribution in [0.3, 0.4) is 0 Å². The summed E-state index contributed by atoms with van der Waals surface area (Å²) in [4.78, 5) is 24.9. The Morgan fingerprint density at radius 3 is 2.47 bits per heavy atom. The van der Waals surface area contributed by atoms with Crippen LogP contribution in [0.2, 0.25) is 0 Å². The molecular weight excluding hydrogens is 593 g/mol. The van der Waals surface area contributed by atoms with E-state index >= 15 is 0 Å². The van der Waals surface area contributed by atoms with E-state index in [9.17, 15) is 18.0 Å². The zero-order valence-corrected chi connectivity index (χ0v) is 22.6. The number of hydrogen-bond donors (Lipinski definition) is 2. The lowest BCUT2D eigenvalue weighted by molar-refractivity contribution is -0.140. The molecule has 0 aromatic heterocycles. The third-order valence-corrected chi connectivity index (χ3v) is 8.50. The highest BCUT2D eigenvalue weighted by atomic mass is 127. The van der Waals surface area contributed by atoms with Gasteiger partial charge in [-0.05, 0) is 70.1 Å². The third kappa shape index (κ3) is 5.65. The molecule has 1 aliphatic heterocycles. The van der Waals surface area contributed by atoms with Gasteiger partial charge in [0.1, 0.15) is 6.04 Å². The molecule has 188 valence electrons. The molecule has 3 aromatic carbocycles. The lowest BCUT2D eigenvalue weighted by atomic mass is 10.1. The van der Waals surface area contributed by atoms with Crippen LogP contribution < -0.4 is 14.9 Å². The van der Waals surface area contributed by atoms with Gasteiger partial charge in [0, 0.05) is 28.8 Å². The monoisotopic (exact) mass is 619 g/mol. The minimum Gasteiger partial charge on any atom is -0.469 e. The number of para-hydroxylation sites is 2. The summed E-state index contributed by atoms with van der Waals surface area (Å²) in [5.74, 6) is -0.701. The standard InChI is InChI=1S/C26H26IN3O5S/c1-35-25(31)14-15-28-22-8-4-2-7-19(22)17-29-26(32)24-16-18-6-3-5-9-23(18)30(24)36(33,34)21-12-10-20(27)11-13-21/h2-13,24,28H,14-17H2,1H3,(H,29,32)/t24-/m0/s1. The zero-order chi connectivity index (χ0) is 25.7. The number of halogens is 1. The number of sulfonamides is 1. The molecule has 1 amide bonds. The number of esters is 1. The summed E-state index contributed by atoms with van der Waals surface area (Å²) in [6.07, 6.45) is 0.494. The van der Waals surface area contributed by atoms with Gasteiger partial charge in [-0.2, -0.15) is 0 Å². The average Bonchev–Trinajstić information content (AvgIpc) is 3.29. The Hall–Kier alpha value is -3.12. The summed E-state index contributed by atoms with van der Waals surface area (Å²) in [5, 5.41) is 6.10. The number of nitrogens with one attached hydrogen (secondary N) is 2. The number of fused-ring (bicyclic) bond motifs is 1. The number of anilines is 2. The van der Waals surface area contributed by atoms with E-state index < -0.39 is 16.1 Å². The summed E-state index contributed by atoms with van der Waals surface area (Å²) in [7, 11) is -2.62. The van der Waals surface area contributed by atoms with Crippen molar-refractivity contribution in [3.05, 3.63) is 87.5 Å². The van der Waals surface area contributed by atoms with Crippen molar-refractivity contribution >= 4 is 55.9 Å². The number of rotatable bonds is 9. The van der Waals surface area contributed by atoms with E-state index in [1.54, 1.807) is 36.4 Å². The van der Waals surface area contributed by atoms with E-state index in [0.717, 1.165) is 20.4 Å². The van der Waals surface area contributed by atoms with Crippen LogP contribution in [0.25, 0.3) is 0 Å². The van der Waals surface area contributed by atoms with Gasteiger partial charge in [0.25, 0.3) is 10.0 Å². The second-order valence-corrected chi connectivity index (χ2v) is 11.3. The van der Waals surface area contributed by atoms with Crippen molar-refractivity contribution in [1.82, 2.24) is 5.32 Å². The lowest BCUT2D eigenvalue weighted by Crippen LogP contribution is -2.47. The predicted molar refractivity (Wildman–Crippen MR) is 146 cm³/mol. The highest BCUT2D eigenvalue weighted by Gasteiger charge is 2.42. The maximum atomic E-state index is 13.6. The van der Waals surface area contributed by atoms with E-state index in [1.807, 2.05) is 36.4 Å².